The molecule has 0 spiro atoms. The number of Topliss-reactive ketones (excluding diaryl/α,β-unsaturated/α-hetero) is 1. The lowest BCUT2D eigenvalue weighted by Gasteiger charge is -2.15. The molecule has 0 radical (unpaired) electrons. The van der Waals surface area contributed by atoms with Crippen LogP contribution in [-0.2, 0) is 16.1 Å². The Morgan fingerprint density at radius 2 is 2.00 bits per heavy atom. The molecular formula is C14H18ClNO3. The first-order chi connectivity index (χ1) is 9.17. The minimum absolute atomic E-state index is 0.108. The van der Waals surface area contributed by atoms with Crippen molar-refractivity contribution >= 4 is 23.5 Å². The quantitative estimate of drug-likeness (QED) is 0.783. The summed E-state index contributed by atoms with van der Waals surface area (Å²) in [5, 5.41) is 2.54. The van der Waals surface area contributed by atoms with Gasteiger partial charge < -0.3 is 10.1 Å². The van der Waals surface area contributed by atoms with Gasteiger partial charge in [-0.15, -0.1) is 11.6 Å². The summed E-state index contributed by atoms with van der Waals surface area (Å²) in [5.74, 6) is -0.302. The number of hydrogen-bond acceptors (Lipinski definition) is 3. The molecule has 1 unspecified atom stereocenters. The van der Waals surface area contributed by atoms with Gasteiger partial charge in [0.25, 0.3) is 0 Å². The Hall–Kier alpha value is -1.55. The Morgan fingerprint density at radius 3 is 2.58 bits per heavy atom. The number of ketones is 1. The number of halogens is 1. The predicted molar refractivity (Wildman–Crippen MR) is 74.2 cm³/mol. The number of alkyl halides is 1. The highest BCUT2D eigenvalue weighted by Gasteiger charge is 2.19. The summed E-state index contributed by atoms with van der Waals surface area (Å²) in [5.41, 5.74) is 0.897. The van der Waals surface area contributed by atoms with E-state index in [1.54, 1.807) is 0 Å². The Kier molecular flexibility index (Phi) is 6.97. The molecule has 0 aromatic heterocycles. The van der Waals surface area contributed by atoms with Crippen LogP contribution >= 0.6 is 11.6 Å². The van der Waals surface area contributed by atoms with Crippen molar-refractivity contribution in [1.82, 2.24) is 5.32 Å². The lowest BCUT2D eigenvalue weighted by molar-refractivity contribution is -0.118. The van der Waals surface area contributed by atoms with Crippen LogP contribution < -0.4 is 5.32 Å². The summed E-state index contributed by atoms with van der Waals surface area (Å²) in [6, 6.07) is 8.79. The molecule has 1 rings (SSSR count). The lowest BCUT2D eigenvalue weighted by Crippen LogP contribution is -2.41. The van der Waals surface area contributed by atoms with Gasteiger partial charge in [-0.2, -0.15) is 0 Å². The minimum Gasteiger partial charge on any atom is -0.445 e. The van der Waals surface area contributed by atoms with E-state index >= 15 is 0 Å². The first-order valence-electron chi connectivity index (χ1n) is 6.23. The van der Waals surface area contributed by atoms with Crippen molar-refractivity contribution in [2.75, 3.05) is 5.88 Å². The molecule has 5 heteroatoms. The maximum absolute atomic E-state index is 11.6. The first kappa shape index (κ1) is 15.5. The van der Waals surface area contributed by atoms with E-state index in [-0.39, 0.29) is 18.3 Å². The largest absolute Gasteiger partial charge is 0.445 e. The number of carbonyl (C=O) groups excluding carboxylic acids is 2. The minimum atomic E-state index is -0.597. The maximum Gasteiger partial charge on any atom is 0.408 e. The standard InChI is InChI=1S/C14H18ClNO3/c1-2-6-12(13(17)9-15)16-14(18)19-10-11-7-4-3-5-8-11/h3-5,7-8,12H,2,6,9-10H2,1H3,(H,16,18). The summed E-state index contributed by atoms with van der Waals surface area (Å²) in [6.45, 7) is 2.12. The molecule has 104 valence electrons. The molecule has 1 aromatic carbocycles. The van der Waals surface area contributed by atoms with Crippen LogP contribution in [0.3, 0.4) is 0 Å². The SMILES string of the molecule is CCCC(NC(=O)OCc1ccccc1)C(=O)CCl. The predicted octanol–water partition coefficient (Wildman–Crippen LogP) is 2.89. The van der Waals surface area contributed by atoms with Gasteiger partial charge in [0.1, 0.15) is 6.61 Å². The Bertz CT molecular complexity index is 408. The average molecular weight is 284 g/mol. The number of carbonyl (C=O) groups is 2. The number of rotatable bonds is 7. The van der Waals surface area contributed by atoms with Crippen LogP contribution in [-0.4, -0.2) is 23.8 Å². The fourth-order valence-corrected chi connectivity index (χ4v) is 1.79. The molecule has 0 aliphatic carbocycles. The molecule has 0 saturated carbocycles. The zero-order valence-electron chi connectivity index (χ0n) is 10.9. The topological polar surface area (TPSA) is 55.4 Å². The van der Waals surface area contributed by atoms with E-state index in [9.17, 15) is 9.59 Å². The van der Waals surface area contributed by atoms with Gasteiger partial charge in [0.05, 0.1) is 11.9 Å². The average Bonchev–Trinajstić information content (AvgIpc) is 2.45. The molecule has 0 saturated heterocycles. The normalized spacial score (nSPS) is 11.7. The lowest BCUT2D eigenvalue weighted by atomic mass is 10.1. The zero-order chi connectivity index (χ0) is 14.1. The molecule has 19 heavy (non-hydrogen) atoms. The summed E-state index contributed by atoms with van der Waals surface area (Å²) >= 11 is 5.50. The molecule has 1 atom stereocenters. The van der Waals surface area contributed by atoms with Crippen molar-refractivity contribution < 1.29 is 14.3 Å². The second kappa shape index (κ2) is 8.53. The number of ether oxygens (including phenoxy) is 1. The Morgan fingerprint density at radius 1 is 1.32 bits per heavy atom. The molecule has 0 aliphatic heterocycles. The maximum atomic E-state index is 11.6. The summed E-state index contributed by atoms with van der Waals surface area (Å²) in [4.78, 5) is 23.1. The van der Waals surface area contributed by atoms with E-state index in [2.05, 4.69) is 5.32 Å². The van der Waals surface area contributed by atoms with Crippen LogP contribution in [0.15, 0.2) is 30.3 Å². The molecule has 0 bridgehead atoms. The van der Waals surface area contributed by atoms with Crippen molar-refractivity contribution in [2.45, 2.75) is 32.4 Å². The van der Waals surface area contributed by atoms with E-state index in [4.69, 9.17) is 16.3 Å². The number of nitrogens with one attached hydrogen (secondary N) is 1. The van der Waals surface area contributed by atoms with Gasteiger partial charge in [0.15, 0.2) is 5.78 Å². The molecule has 1 aromatic rings. The summed E-state index contributed by atoms with van der Waals surface area (Å²) in [6.07, 6.45) is 0.749. The number of alkyl carbamates (subject to hydrolysis) is 1. The number of benzene rings is 1. The van der Waals surface area contributed by atoms with Gasteiger partial charge in [-0.05, 0) is 12.0 Å². The van der Waals surface area contributed by atoms with Crippen molar-refractivity contribution in [3.8, 4) is 0 Å². The molecule has 1 N–H and O–H groups in total. The third-order valence-electron chi connectivity index (χ3n) is 2.60. The van der Waals surface area contributed by atoms with Gasteiger partial charge in [-0.3, -0.25) is 4.79 Å². The Labute approximate surface area is 118 Å². The second-order valence-electron chi connectivity index (χ2n) is 4.15. The second-order valence-corrected chi connectivity index (χ2v) is 4.41. The van der Waals surface area contributed by atoms with E-state index in [0.717, 1.165) is 12.0 Å². The number of amides is 1. The van der Waals surface area contributed by atoms with Gasteiger partial charge in [-0.25, -0.2) is 4.79 Å². The third kappa shape index (κ3) is 5.75. The third-order valence-corrected chi connectivity index (χ3v) is 2.87. The highest BCUT2D eigenvalue weighted by Crippen LogP contribution is 2.03. The molecular weight excluding hydrogens is 266 g/mol. The molecule has 0 fully saturated rings. The molecule has 0 aliphatic rings. The van der Waals surface area contributed by atoms with Crippen molar-refractivity contribution in [1.29, 1.82) is 0 Å². The first-order valence-corrected chi connectivity index (χ1v) is 6.76. The van der Waals surface area contributed by atoms with Crippen LogP contribution in [0.2, 0.25) is 0 Å². The molecule has 4 nitrogen and oxygen atoms in total. The van der Waals surface area contributed by atoms with E-state index in [0.29, 0.717) is 6.42 Å². The molecule has 0 heterocycles. The smallest absolute Gasteiger partial charge is 0.408 e. The van der Waals surface area contributed by atoms with Crippen LogP contribution in [0.4, 0.5) is 4.79 Å². The van der Waals surface area contributed by atoms with E-state index < -0.39 is 12.1 Å². The van der Waals surface area contributed by atoms with Crippen molar-refractivity contribution in [3.05, 3.63) is 35.9 Å². The van der Waals surface area contributed by atoms with Crippen molar-refractivity contribution in [2.24, 2.45) is 0 Å². The summed E-state index contributed by atoms with van der Waals surface area (Å²) < 4.78 is 5.05. The van der Waals surface area contributed by atoms with Crippen LogP contribution in [0.1, 0.15) is 25.3 Å². The zero-order valence-corrected chi connectivity index (χ0v) is 11.7. The summed E-state index contributed by atoms with van der Waals surface area (Å²) in [7, 11) is 0. The van der Waals surface area contributed by atoms with Gasteiger partial charge in [0.2, 0.25) is 0 Å². The van der Waals surface area contributed by atoms with Gasteiger partial charge in [-0.1, -0.05) is 43.7 Å². The fraction of sp³-hybridized carbons (Fsp3) is 0.429. The molecule has 1 amide bonds. The van der Waals surface area contributed by atoms with E-state index in [1.807, 2.05) is 37.3 Å². The highest BCUT2D eigenvalue weighted by molar-refractivity contribution is 6.28. The van der Waals surface area contributed by atoms with E-state index in [1.165, 1.54) is 0 Å². The van der Waals surface area contributed by atoms with Crippen LogP contribution in [0.25, 0.3) is 0 Å². The van der Waals surface area contributed by atoms with Crippen molar-refractivity contribution in [3.63, 3.8) is 0 Å². The van der Waals surface area contributed by atoms with Gasteiger partial charge in [0, 0.05) is 0 Å². The van der Waals surface area contributed by atoms with Crippen LogP contribution in [0.5, 0.6) is 0 Å². The Balaban J connectivity index is 2.42. The van der Waals surface area contributed by atoms with Crippen LogP contribution in [0, 0.1) is 0 Å². The van der Waals surface area contributed by atoms with Gasteiger partial charge >= 0.3 is 6.09 Å². The number of hydrogen-bond donors (Lipinski definition) is 1. The highest BCUT2D eigenvalue weighted by atomic mass is 35.5. The fourth-order valence-electron chi connectivity index (χ4n) is 1.60. The monoisotopic (exact) mass is 283 g/mol.